The lowest BCUT2D eigenvalue weighted by atomic mass is 10.1. The number of allylic oxidation sites excluding steroid dienone is 1. The van der Waals surface area contributed by atoms with Crippen LogP contribution in [0.2, 0.25) is 0 Å². The maximum Gasteiger partial charge on any atom is 0.0944 e. The van der Waals surface area contributed by atoms with Gasteiger partial charge in [0, 0.05) is 12.7 Å². The van der Waals surface area contributed by atoms with Crippen LogP contribution < -0.4 is 0 Å². The van der Waals surface area contributed by atoms with Gasteiger partial charge in [-0.15, -0.1) is 0 Å². The fourth-order valence-corrected chi connectivity index (χ4v) is 0.755. The Balaban J connectivity index is 3.67. The molecule has 0 unspecified atom stereocenters. The summed E-state index contributed by atoms with van der Waals surface area (Å²) < 4.78 is 4.83. The van der Waals surface area contributed by atoms with Gasteiger partial charge in [0.2, 0.25) is 0 Å². The SMILES string of the molecule is CCCC/C(C#N)=C\COC. The third-order valence-corrected chi connectivity index (χ3v) is 1.44. The van der Waals surface area contributed by atoms with Crippen molar-refractivity contribution in [1.29, 1.82) is 5.26 Å². The minimum atomic E-state index is 0.548. The Bertz CT molecular complexity index is 155. The predicted molar refractivity (Wildman–Crippen MR) is 45.1 cm³/mol. The van der Waals surface area contributed by atoms with E-state index in [1.165, 1.54) is 0 Å². The molecule has 0 aliphatic heterocycles. The Labute approximate surface area is 68.5 Å². The summed E-state index contributed by atoms with van der Waals surface area (Å²) in [5, 5.41) is 8.61. The molecule has 0 saturated carbocycles. The van der Waals surface area contributed by atoms with Crippen LogP contribution in [0.5, 0.6) is 0 Å². The molecule has 0 bridgehead atoms. The fraction of sp³-hybridized carbons (Fsp3) is 0.667. The van der Waals surface area contributed by atoms with Gasteiger partial charge < -0.3 is 4.74 Å². The van der Waals surface area contributed by atoms with Gasteiger partial charge >= 0.3 is 0 Å². The van der Waals surface area contributed by atoms with Crippen molar-refractivity contribution >= 4 is 0 Å². The maximum atomic E-state index is 8.61. The van der Waals surface area contributed by atoms with Gasteiger partial charge in [-0.25, -0.2) is 0 Å². The number of hydrogen-bond donors (Lipinski definition) is 0. The molecule has 0 N–H and O–H groups in total. The summed E-state index contributed by atoms with van der Waals surface area (Å²) in [4.78, 5) is 0. The quantitative estimate of drug-likeness (QED) is 0.567. The first kappa shape index (κ1) is 10.2. The van der Waals surface area contributed by atoms with Crippen LogP contribution in [0.3, 0.4) is 0 Å². The molecule has 2 heteroatoms. The van der Waals surface area contributed by atoms with E-state index in [0.29, 0.717) is 6.61 Å². The van der Waals surface area contributed by atoms with Gasteiger partial charge in [0.25, 0.3) is 0 Å². The number of hydrogen-bond acceptors (Lipinski definition) is 2. The van der Waals surface area contributed by atoms with Crippen molar-refractivity contribution in [2.75, 3.05) is 13.7 Å². The molecule has 62 valence electrons. The number of rotatable bonds is 5. The van der Waals surface area contributed by atoms with Crippen LogP contribution >= 0.6 is 0 Å². The van der Waals surface area contributed by atoms with E-state index in [9.17, 15) is 0 Å². The van der Waals surface area contributed by atoms with Gasteiger partial charge in [0.05, 0.1) is 12.7 Å². The molecule has 0 rings (SSSR count). The Morgan fingerprint density at radius 2 is 2.36 bits per heavy atom. The normalized spacial score (nSPS) is 11.2. The van der Waals surface area contributed by atoms with Gasteiger partial charge in [-0.05, 0) is 18.9 Å². The molecule has 2 nitrogen and oxygen atoms in total. The van der Waals surface area contributed by atoms with E-state index in [0.717, 1.165) is 24.8 Å². The third kappa shape index (κ3) is 5.63. The van der Waals surface area contributed by atoms with Crippen molar-refractivity contribution in [3.63, 3.8) is 0 Å². The second-order valence-corrected chi connectivity index (χ2v) is 2.40. The zero-order valence-corrected chi connectivity index (χ0v) is 7.26. The summed E-state index contributed by atoms with van der Waals surface area (Å²) in [5.74, 6) is 0. The van der Waals surface area contributed by atoms with Gasteiger partial charge in [-0.1, -0.05) is 13.3 Å². The van der Waals surface area contributed by atoms with Gasteiger partial charge in [0.1, 0.15) is 0 Å². The van der Waals surface area contributed by atoms with Crippen molar-refractivity contribution in [3.8, 4) is 6.07 Å². The topological polar surface area (TPSA) is 33.0 Å². The molecule has 0 aliphatic rings. The van der Waals surface area contributed by atoms with E-state index in [2.05, 4.69) is 13.0 Å². The van der Waals surface area contributed by atoms with Crippen LogP contribution in [0.25, 0.3) is 0 Å². The molecule has 11 heavy (non-hydrogen) atoms. The zero-order valence-electron chi connectivity index (χ0n) is 7.26. The van der Waals surface area contributed by atoms with E-state index in [-0.39, 0.29) is 0 Å². The number of nitrogens with zero attached hydrogens (tertiary/aromatic N) is 1. The largest absolute Gasteiger partial charge is 0.381 e. The van der Waals surface area contributed by atoms with E-state index in [1.54, 1.807) is 7.11 Å². The van der Waals surface area contributed by atoms with Crippen molar-refractivity contribution in [1.82, 2.24) is 0 Å². The highest BCUT2D eigenvalue weighted by Gasteiger charge is 1.92. The molecule has 0 aromatic carbocycles. The summed E-state index contributed by atoms with van der Waals surface area (Å²) in [5.41, 5.74) is 0.841. The molecule has 0 radical (unpaired) electrons. The second kappa shape index (κ2) is 7.30. The molecule has 0 spiro atoms. The predicted octanol–water partition coefficient (Wildman–Crippen LogP) is 2.27. The third-order valence-electron chi connectivity index (χ3n) is 1.44. The first-order chi connectivity index (χ1) is 5.35. The van der Waals surface area contributed by atoms with Gasteiger partial charge in [-0.2, -0.15) is 5.26 Å². The molecule has 0 fully saturated rings. The number of nitriles is 1. The van der Waals surface area contributed by atoms with E-state index >= 15 is 0 Å². The number of ether oxygens (including phenoxy) is 1. The average Bonchev–Trinajstić information content (AvgIpc) is 2.05. The van der Waals surface area contributed by atoms with Gasteiger partial charge in [-0.3, -0.25) is 0 Å². The van der Waals surface area contributed by atoms with Crippen molar-refractivity contribution < 1.29 is 4.74 Å². The van der Waals surface area contributed by atoms with Crippen LogP contribution in [0, 0.1) is 11.3 Å². The summed E-state index contributed by atoms with van der Waals surface area (Å²) >= 11 is 0. The summed E-state index contributed by atoms with van der Waals surface area (Å²) in [6.45, 7) is 2.66. The Morgan fingerprint density at radius 3 is 2.82 bits per heavy atom. The van der Waals surface area contributed by atoms with E-state index < -0.39 is 0 Å². The van der Waals surface area contributed by atoms with E-state index in [1.807, 2.05) is 6.08 Å². The first-order valence-electron chi connectivity index (χ1n) is 3.93. The van der Waals surface area contributed by atoms with Crippen molar-refractivity contribution in [3.05, 3.63) is 11.6 Å². The summed E-state index contributed by atoms with van der Waals surface area (Å²) in [6.07, 6.45) is 4.95. The standard InChI is InChI=1S/C9H15NO/c1-3-4-5-9(8-10)6-7-11-2/h6H,3-5,7H2,1-2H3/b9-6+. The second-order valence-electron chi connectivity index (χ2n) is 2.40. The Kier molecular flexibility index (Phi) is 6.76. The molecule has 0 aliphatic carbocycles. The average molecular weight is 153 g/mol. The molecule has 0 aromatic rings. The lowest BCUT2D eigenvalue weighted by molar-refractivity contribution is 0.233. The Hall–Kier alpha value is -0.810. The zero-order chi connectivity index (χ0) is 8.53. The molecular formula is C9H15NO. The van der Waals surface area contributed by atoms with E-state index in [4.69, 9.17) is 10.00 Å². The highest BCUT2D eigenvalue weighted by atomic mass is 16.5. The van der Waals surface area contributed by atoms with Crippen LogP contribution in [0.15, 0.2) is 11.6 Å². The highest BCUT2D eigenvalue weighted by molar-refractivity contribution is 5.20. The fourth-order valence-electron chi connectivity index (χ4n) is 0.755. The minimum Gasteiger partial charge on any atom is -0.381 e. The maximum absolute atomic E-state index is 8.61. The van der Waals surface area contributed by atoms with Crippen molar-refractivity contribution in [2.45, 2.75) is 26.2 Å². The lowest BCUT2D eigenvalue weighted by Crippen LogP contribution is -1.86. The summed E-state index contributed by atoms with van der Waals surface area (Å²) in [6, 6.07) is 2.15. The smallest absolute Gasteiger partial charge is 0.0944 e. The van der Waals surface area contributed by atoms with Crippen LogP contribution in [0.4, 0.5) is 0 Å². The number of methoxy groups -OCH3 is 1. The lowest BCUT2D eigenvalue weighted by Gasteiger charge is -1.95. The molecule has 0 atom stereocenters. The molecule has 0 saturated heterocycles. The monoisotopic (exact) mass is 153 g/mol. The highest BCUT2D eigenvalue weighted by Crippen LogP contribution is 2.05. The van der Waals surface area contributed by atoms with Gasteiger partial charge in [0.15, 0.2) is 0 Å². The van der Waals surface area contributed by atoms with Crippen LogP contribution in [0.1, 0.15) is 26.2 Å². The molecule has 0 aromatic heterocycles. The number of unbranched alkanes of at least 4 members (excludes halogenated alkanes) is 1. The summed E-state index contributed by atoms with van der Waals surface area (Å²) in [7, 11) is 1.63. The van der Waals surface area contributed by atoms with Crippen LogP contribution in [-0.2, 0) is 4.74 Å². The first-order valence-corrected chi connectivity index (χ1v) is 3.93. The van der Waals surface area contributed by atoms with Crippen molar-refractivity contribution in [2.24, 2.45) is 0 Å². The molecule has 0 amide bonds. The van der Waals surface area contributed by atoms with Crippen LogP contribution in [-0.4, -0.2) is 13.7 Å². The molecule has 0 heterocycles. The minimum absolute atomic E-state index is 0.548. The Morgan fingerprint density at radius 1 is 1.64 bits per heavy atom. The molecular weight excluding hydrogens is 138 g/mol.